The monoisotopic (exact) mass is 405 g/mol. The van der Waals surface area contributed by atoms with Gasteiger partial charge in [-0.05, 0) is 48.7 Å². The van der Waals surface area contributed by atoms with E-state index in [0.717, 1.165) is 23.4 Å². The van der Waals surface area contributed by atoms with Crippen LogP contribution in [-0.4, -0.2) is 36.4 Å². The second-order valence-corrected chi connectivity index (χ2v) is 7.22. The van der Waals surface area contributed by atoms with Crippen LogP contribution in [0.2, 0.25) is 0 Å². The average molecular weight is 405 g/mol. The Morgan fingerprint density at radius 3 is 2.67 bits per heavy atom. The lowest BCUT2D eigenvalue weighted by Crippen LogP contribution is -2.37. The van der Waals surface area contributed by atoms with Crippen LogP contribution in [0.1, 0.15) is 37.3 Å². The Labute approximate surface area is 177 Å². The first-order chi connectivity index (χ1) is 14.6. The molecular formula is C24H27N3O3. The Hall–Kier alpha value is -3.33. The van der Waals surface area contributed by atoms with Gasteiger partial charge in [0, 0.05) is 38.2 Å². The second-order valence-electron chi connectivity index (χ2n) is 7.22. The summed E-state index contributed by atoms with van der Waals surface area (Å²) in [5, 5.41) is 8.91. The van der Waals surface area contributed by atoms with E-state index < -0.39 is 0 Å². The van der Waals surface area contributed by atoms with Gasteiger partial charge in [0.1, 0.15) is 5.75 Å². The molecule has 6 nitrogen and oxygen atoms in total. The predicted molar refractivity (Wildman–Crippen MR) is 115 cm³/mol. The topological polar surface area (TPSA) is 73.6 Å². The van der Waals surface area contributed by atoms with Crippen LogP contribution in [0.5, 0.6) is 5.75 Å². The van der Waals surface area contributed by atoms with Crippen molar-refractivity contribution in [2.45, 2.75) is 39.2 Å². The van der Waals surface area contributed by atoms with E-state index in [0.29, 0.717) is 26.2 Å². The summed E-state index contributed by atoms with van der Waals surface area (Å²) in [4.78, 5) is 29.0. The number of para-hydroxylation sites is 1. The molecule has 0 unspecified atom stereocenters. The van der Waals surface area contributed by atoms with E-state index in [1.54, 1.807) is 4.90 Å². The number of ether oxygens (including phenoxy) is 1. The fourth-order valence-corrected chi connectivity index (χ4v) is 3.68. The van der Waals surface area contributed by atoms with E-state index in [1.807, 2.05) is 54.3 Å². The minimum Gasteiger partial charge on any atom is -0.494 e. The lowest BCUT2D eigenvalue weighted by molar-refractivity contribution is -0.134. The number of nitrogens with zero attached hydrogens (tertiary/aromatic N) is 3. The number of nitriles is 1. The number of hydrogen-bond acceptors (Lipinski definition) is 4. The summed E-state index contributed by atoms with van der Waals surface area (Å²) in [7, 11) is 0. The van der Waals surface area contributed by atoms with Crippen LogP contribution < -0.4 is 9.64 Å². The molecular weight excluding hydrogens is 378 g/mol. The smallest absolute Gasteiger partial charge is 0.227 e. The van der Waals surface area contributed by atoms with Crippen molar-refractivity contribution in [3.63, 3.8) is 0 Å². The zero-order valence-corrected chi connectivity index (χ0v) is 17.3. The predicted octanol–water partition coefficient (Wildman–Crippen LogP) is 3.70. The highest BCUT2D eigenvalue weighted by atomic mass is 16.5. The van der Waals surface area contributed by atoms with Crippen LogP contribution in [0.4, 0.5) is 5.69 Å². The highest BCUT2D eigenvalue weighted by Gasteiger charge is 2.23. The number of fused-ring (bicyclic) bond motifs is 1. The Balaban J connectivity index is 1.60. The number of hydrogen-bond donors (Lipinski definition) is 0. The van der Waals surface area contributed by atoms with Crippen molar-refractivity contribution in [2.24, 2.45) is 0 Å². The third-order valence-electron chi connectivity index (χ3n) is 5.22. The molecule has 0 saturated heterocycles. The van der Waals surface area contributed by atoms with Gasteiger partial charge in [0.05, 0.1) is 19.1 Å². The zero-order valence-electron chi connectivity index (χ0n) is 17.3. The maximum absolute atomic E-state index is 12.8. The first kappa shape index (κ1) is 21.4. The molecule has 0 N–H and O–H groups in total. The third kappa shape index (κ3) is 5.38. The quantitative estimate of drug-likeness (QED) is 0.671. The van der Waals surface area contributed by atoms with E-state index in [2.05, 4.69) is 12.1 Å². The molecule has 6 heteroatoms. The van der Waals surface area contributed by atoms with E-state index in [4.69, 9.17) is 10.00 Å². The van der Waals surface area contributed by atoms with Crippen molar-refractivity contribution in [1.82, 2.24) is 4.90 Å². The molecule has 1 heterocycles. The maximum Gasteiger partial charge on any atom is 0.227 e. The molecule has 0 spiro atoms. The average Bonchev–Trinajstić information content (AvgIpc) is 2.78. The van der Waals surface area contributed by atoms with E-state index >= 15 is 0 Å². The Morgan fingerprint density at radius 2 is 1.93 bits per heavy atom. The summed E-state index contributed by atoms with van der Waals surface area (Å²) in [6.45, 7) is 4.07. The van der Waals surface area contributed by atoms with E-state index in [1.165, 1.54) is 5.56 Å². The Kier molecular flexibility index (Phi) is 7.45. The third-order valence-corrected chi connectivity index (χ3v) is 5.22. The van der Waals surface area contributed by atoms with Crippen LogP contribution in [0.15, 0.2) is 48.5 Å². The number of rotatable bonds is 8. The minimum absolute atomic E-state index is 0.0240. The molecule has 0 aliphatic carbocycles. The molecule has 0 radical (unpaired) electrons. The molecule has 0 bridgehead atoms. The maximum atomic E-state index is 12.8. The first-order valence-electron chi connectivity index (χ1n) is 10.4. The molecule has 0 aromatic heterocycles. The number of carbonyl (C=O) groups excluding carboxylic acids is 2. The van der Waals surface area contributed by atoms with Gasteiger partial charge in [-0.15, -0.1) is 0 Å². The van der Waals surface area contributed by atoms with Crippen LogP contribution in [0.3, 0.4) is 0 Å². The molecule has 2 aromatic carbocycles. The van der Waals surface area contributed by atoms with Crippen molar-refractivity contribution in [3.8, 4) is 11.8 Å². The zero-order chi connectivity index (χ0) is 21.3. The van der Waals surface area contributed by atoms with Gasteiger partial charge in [0.25, 0.3) is 0 Å². The summed E-state index contributed by atoms with van der Waals surface area (Å²) in [5.74, 6) is 0.654. The lowest BCUT2D eigenvalue weighted by atomic mass is 9.99. The summed E-state index contributed by atoms with van der Waals surface area (Å²) in [5.41, 5.74) is 3.10. The van der Waals surface area contributed by atoms with Crippen molar-refractivity contribution in [1.29, 1.82) is 5.26 Å². The summed E-state index contributed by atoms with van der Waals surface area (Å²) >= 11 is 0. The molecule has 3 rings (SSSR count). The van der Waals surface area contributed by atoms with Crippen LogP contribution in [0.25, 0.3) is 0 Å². The molecule has 0 saturated carbocycles. The van der Waals surface area contributed by atoms with Gasteiger partial charge in [-0.2, -0.15) is 5.26 Å². The fourth-order valence-electron chi connectivity index (χ4n) is 3.68. The minimum atomic E-state index is -0.138. The van der Waals surface area contributed by atoms with Gasteiger partial charge < -0.3 is 14.5 Å². The van der Waals surface area contributed by atoms with Gasteiger partial charge in [-0.25, -0.2) is 0 Å². The Bertz CT molecular complexity index is 921. The molecule has 30 heavy (non-hydrogen) atoms. The normalized spacial score (nSPS) is 12.6. The first-order valence-corrected chi connectivity index (χ1v) is 10.4. The molecule has 1 aliphatic rings. The number of amides is 2. The van der Waals surface area contributed by atoms with Crippen LogP contribution in [-0.2, 0) is 22.6 Å². The molecule has 0 atom stereocenters. The summed E-state index contributed by atoms with van der Waals surface area (Å²) in [6.07, 6.45) is 1.34. The largest absolute Gasteiger partial charge is 0.494 e. The second kappa shape index (κ2) is 10.4. The summed E-state index contributed by atoms with van der Waals surface area (Å²) < 4.78 is 5.57. The molecule has 2 aromatic rings. The van der Waals surface area contributed by atoms with Gasteiger partial charge in [0.2, 0.25) is 11.8 Å². The standard InChI is InChI=1S/C24H27N3O3/c1-2-30-22-10-9-19-13-16-26(18-20(19)17-22)23(28)11-12-24(29)27(15-6-14-25)21-7-4-3-5-8-21/h3-5,7-10,17H,2,6,11-13,15-16,18H2,1H3. The van der Waals surface area contributed by atoms with Crippen LogP contribution in [0, 0.1) is 11.3 Å². The van der Waals surface area contributed by atoms with Crippen molar-refractivity contribution in [2.75, 3.05) is 24.6 Å². The Morgan fingerprint density at radius 1 is 1.13 bits per heavy atom. The fraction of sp³-hybridized carbons (Fsp3) is 0.375. The number of anilines is 1. The highest BCUT2D eigenvalue weighted by Crippen LogP contribution is 2.25. The van der Waals surface area contributed by atoms with Crippen molar-refractivity contribution < 1.29 is 14.3 Å². The van der Waals surface area contributed by atoms with Crippen molar-refractivity contribution >= 4 is 17.5 Å². The molecule has 0 fully saturated rings. The van der Waals surface area contributed by atoms with Gasteiger partial charge >= 0.3 is 0 Å². The SMILES string of the molecule is CCOc1ccc2c(c1)CN(C(=O)CCC(=O)N(CCC#N)c1ccccc1)CC2. The van der Waals surface area contributed by atoms with E-state index in [9.17, 15) is 9.59 Å². The lowest BCUT2D eigenvalue weighted by Gasteiger charge is -2.29. The van der Waals surface area contributed by atoms with Gasteiger partial charge in [0.15, 0.2) is 0 Å². The molecule has 156 valence electrons. The van der Waals surface area contributed by atoms with E-state index in [-0.39, 0.29) is 31.1 Å². The van der Waals surface area contributed by atoms with Gasteiger partial charge in [-0.3, -0.25) is 9.59 Å². The molecule has 1 aliphatic heterocycles. The number of carbonyl (C=O) groups is 2. The van der Waals surface area contributed by atoms with Gasteiger partial charge in [-0.1, -0.05) is 24.3 Å². The number of benzene rings is 2. The molecule has 2 amide bonds. The summed E-state index contributed by atoms with van der Waals surface area (Å²) in [6, 6.07) is 17.4. The van der Waals surface area contributed by atoms with Crippen molar-refractivity contribution in [3.05, 3.63) is 59.7 Å². The highest BCUT2D eigenvalue weighted by molar-refractivity contribution is 5.95. The van der Waals surface area contributed by atoms with Crippen LogP contribution >= 0.6 is 0 Å².